The molecule has 0 fully saturated rings. The van der Waals surface area contributed by atoms with E-state index in [1.165, 1.54) is 0 Å². The van der Waals surface area contributed by atoms with Gasteiger partial charge in [0, 0.05) is 11.5 Å². The van der Waals surface area contributed by atoms with E-state index in [-0.39, 0.29) is 11.7 Å². The minimum atomic E-state index is 0.0368. The van der Waals surface area contributed by atoms with Gasteiger partial charge >= 0.3 is 0 Å². The molecule has 1 aromatic rings. The van der Waals surface area contributed by atoms with Crippen molar-refractivity contribution in [3.63, 3.8) is 0 Å². The SMILES string of the molecule is CCC(C)C(=O)c1ccc(N)c(Cl)c1. The molecular formula is C11H14ClNO. The molecule has 2 nitrogen and oxygen atoms in total. The number of halogens is 1. The Morgan fingerprint density at radius 1 is 1.57 bits per heavy atom. The number of ketones is 1. The lowest BCUT2D eigenvalue weighted by Crippen LogP contribution is -2.10. The standard InChI is InChI=1S/C11H14ClNO/c1-3-7(2)11(14)8-4-5-10(13)9(12)6-8/h4-7H,3,13H2,1-2H3. The number of hydrogen-bond donors (Lipinski definition) is 1. The zero-order valence-corrected chi connectivity index (χ0v) is 9.14. The van der Waals surface area contributed by atoms with Crippen molar-refractivity contribution in [2.45, 2.75) is 20.3 Å². The number of carbonyl (C=O) groups is 1. The largest absolute Gasteiger partial charge is 0.398 e. The second kappa shape index (κ2) is 4.47. The molecule has 2 N–H and O–H groups in total. The number of nitrogens with two attached hydrogens (primary N) is 1. The van der Waals surface area contributed by atoms with Gasteiger partial charge in [0.25, 0.3) is 0 Å². The van der Waals surface area contributed by atoms with Gasteiger partial charge in [0.1, 0.15) is 0 Å². The van der Waals surface area contributed by atoms with Gasteiger partial charge in [-0.3, -0.25) is 4.79 Å². The lowest BCUT2D eigenvalue weighted by molar-refractivity contribution is 0.0927. The topological polar surface area (TPSA) is 43.1 Å². The first-order valence-electron chi connectivity index (χ1n) is 4.65. The second-order valence-corrected chi connectivity index (χ2v) is 3.82. The third-order valence-electron chi connectivity index (χ3n) is 2.34. The van der Waals surface area contributed by atoms with Crippen molar-refractivity contribution in [1.82, 2.24) is 0 Å². The predicted molar refractivity (Wildman–Crippen MR) is 59.6 cm³/mol. The summed E-state index contributed by atoms with van der Waals surface area (Å²) in [6.45, 7) is 3.90. The fourth-order valence-electron chi connectivity index (χ4n) is 1.15. The molecule has 0 saturated carbocycles. The highest BCUT2D eigenvalue weighted by Gasteiger charge is 2.13. The maximum absolute atomic E-state index is 11.7. The van der Waals surface area contributed by atoms with Gasteiger partial charge < -0.3 is 5.73 Å². The highest BCUT2D eigenvalue weighted by Crippen LogP contribution is 2.21. The van der Waals surface area contributed by atoms with Crippen LogP contribution in [-0.2, 0) is 0 Å². The van der Waals surface area contributed by atoms with Crippen LogP contribution in [0.3, 0.4) is 0 Å². The quantitative estimate of drug-likeness (QED) is 0.617. The molecule has 1 rings (SSSR count). The van der Waals surface area contributed by atoms with E-state index in [0.29, 0.717) is 16.3 Å². The minimum absolute atomic E-state index is 0.0368. The Balaban J connectivity index is 2.97. The van der Waals surface area contributed by atoms with Gasteiger partial charge in [-0.2, -0.15) is 0 Å². The lowest BCUT2D eigenvalue weighted by Gasteiger charge is -2.08. The second-order valence-electron chi connectivity index (χ2n) is 3.41. The van der Waals surface area contributed by atoms with Crippen molar-refractivity contribution in [1.29, 1.82) is 0 Å². The smallest absolute Gasteiger partial charge is 0.165 e. The normalized spacial score (nSPS) is 12.5. The van der Waals surface area contributed by atoms with Crippen molar-refractivity contribution >= 4 is 23.1 Å². The Morgan fingerprint density at radius 2 is 2.21 bits per heavy atom. The minimum Gasteiger partial charge on any atom is -0.398 e. The van der Waals surface area contributed by atoms with Gasteiger partial charge in [0.2, 0.25) is 0 Å². The molecule has 3 heteroatoms. The van der Waals surface area contributed by atoms with Crippen LogP contribution in [0.2, 0.25) is 5.02 Å². The van der Waals surface area contributed by atoms with Crippen molar-refractivity contribution in [2.75, 3.05) is 5.73 Å². The molecule has 0 heterocycles. The zero-order chi connectivity index (χ0) is 10.7. The number of carbonyl (C=O) groups excluding carboxylic acids is 1. The highest BCUT2D eigenvalue weighted by atomic mass is 35.5. The van der Waals surface area contributed by atoms with Gasteiger partial charge in [-0.25, -0.2) is 0 Å². The van der Waals surface area contributed by atoms with Gasteiger partial charge in [0.15, 0.2) is 5.78 Å². The first-order chi connectivity index (χ1) is 6.56. The molecule has 76 valence electrons. The van der Waals surface area contributed by atoms with Crippen molar-refractivity contribution in [3.05, 3.63) is 28.8 Å². The van der Waals surface area contributed by atoms with Gasteiger partial charge in [-0.15, -0.1) is 0 Å². The zero-order valence-electron chi connectivity index (χ0n) is 8.38. The maximum atomic E-state index is 11.7. The fourth-order valence-corrected chi connectivity index (χ4v) is 1.33. The maximum Gasteiger partial charge on any atom is 0.165 e. The van der Waals surface area contributed by atoms with E-state index < -0.39 is 0 Å². The number of nitrogen functional groups attached to an aromatic ring is 1. The van der Waals surface area contributed by atoms with Crippen LogP contribution in [0.15, 0.2) is 18.2 Å². The molecule has 14 heavy (non-hydrogen) atoms. The van der Waals surface area contributed by atoms with Crippen LogP contribution in [-0.4, -0.2) is 5.78 Å². The molecule has 1 aromatic carbocycles. The predicted octanol–water partition coefficient (Wildman–Crippen LogP) is 3.15. The van der Waals surface area contributed by atoms with E-state index in [0.717, 1.165) is 6.42 Å². The van der Waals surface area contributed by atoms with Crippen LogP contribution in [0, 0.1) is 5.92 Å². The average Bonchev–Trinajstić information content (AvgIpc) is 2.20. The summed E-state index contributed by atoms with van der Waals surface area (Å²) in [5.41, 5.74) is 6.70. The van der Waals surface area contributed by atoms with Crippen LogP contribution in [0.25, 0.3) is 0 Å². The Bertz CT molecular complexity index is 349. The van der Waals surface area contributed by atoms with Crippen LogP contribution in [0.4, 0.5) is 5.69 Å². The first-order valence-corrected chi connectivity index (χ1v) is 5.03. The molecule has 0 spiro atoms. The average molecular weight is 212 g/mol. The number of rotatable bonds is 3. The molecule has 0 amide bonds. The van der Waals surface area contributed by atoms with Crippen LogP contribution < -0.4 is 5.73 Å². The van der Waals surface area contributed by atoms with E-state index >= 15 is 0 Å². The summed E-state index contributed by atoms with van der Waals surface area (Å²) in [4.78, 5) is 11.7. The molecule has 0 aliphatic rings. The van der Waals surface area contributed by atoms with Gasteiger partial charge in [-0.1, -0.05) is 25.4 Å². The number of anilines is 1. The van der Waals surface area contributed by atoms with Crippen LogP contribution >= 0.6 is 11.6 Å². The molecule has 0 radical (unpaired) electrons. The third kappa shape index (κ3) is 2.26. The fraction of sp³-hybridized carbons (Fsp3) is 0.364. The summed E-state index contributed by atoms with van der Waals surface area (Å²) in [6, 6.07) is 5.01. The summed E-state index contributed by atoms with van der Waals surface area (Å²) in [5, 5.41) is 0.444. The molecule has 1 atom stereocenters. The van der Waals surface area contributed by atoms with Crippen molar-refractivity contribution < 1.29 is 4.79 Å². The van der Waals surface area contributed by atoms with E-state index in [2.05, 4.69) is 0 Å². The molecule has 0 bridgehead atoms. The summed E-state index contributed by atoms with van der Waals surface area (Å²) in [7, 11) is 0. The molecule has 0 aliphatic carbocycles. The van der Waals surface area contributed by atoms with E-state index in [9.17, 15) is 4.79 Å². The number of hydrogen-bond acceptors (Lipinski definition) is 2. The highest BCUT2D eigenvalue weighted by molar-refractivity contribution is 6.33. The van der Waals surface area contributed by atoms with Crippen molar-refractivity contribution in [3.8, 4) is 0 Å². The number of Topliss-reactive ketones (excluding diaryl/α,β-unsaturated/α-hetero) is 1. The van der Waals surface area contributed by atoms with E-state index in [1.807, 2.05) is 13.8 Å². The lowest BCUT2D eigenvalue weighted by atomic mass is 9.97. The van der Waals surface area contributed by atoms with Gasteiger partial charge in [-0.05, 0) is 24.6 Å². The van der Waals surface area contributed by atoms with Gasteiger partial charge in [0.05, 0.1) is 10.7 Å². The first kappa shape index (κ1) is 11.1. The summed E-state index contributed by atoms with van der Waals surface area (Å²) < 4.78 is 0. The van der Waals surface area contributed by atoms with Crippen LogP contribution in [0.1, 0.15) is 30.6 Å². The Hall–Kier alpha value is -1.02. The Kier molecular flexibility index (Phi) is 3.53. The summed E-state index contributed by atoms with van der Waals surface area (Å²) in [6.07, 6.45) is 0.834. The number of benzene rings is 1. The molecule has 0 aromatic heterocycles. The molecule has 0 aliphatic heterocycles. The van der Waals surface area contributed by atoms with E-state index in [4.69, 9.17) is 17.3 Å². The van der Waals surface area contributed by atoms with E-state index in [1.54, 1.807) is 18.2 Å². The Morgan fingerprint density at radius 3 is 2.71 bits per heavy atom. The summed E-state index contributed by atoms with van der Waals surface area (Å²) >= 11 is 5.83. The summed E-state index contributed by atoms with van der Waals surface area (Å²) in [5.74, 6) is 0.157. The molecule has 1 unspecified atom stereocenters. The van der Waals surface area contributed by atoms with Crippen LogP contribution in [0.5, 0.6) is 0 Å². The molecular weight excluding hydrogens is 198 g/mol. The molecule has 0 saturated heterocycles. The third-order valence-corrected chi connectivity index (χ3v) is 2.67. The van der Waals surface area contributed by atoms with Crippen molar-refractivity contribution in [2.24, 2.45) is 5.92 Å². The Labute approximate surface area is 89.1 Å². The monoisotopic (exact) mass is 211 g/mol.